The second kappa shape index (κ2) is 7.25. The molecule has 0 unspecified atom stereocenters. The highest BCUT2D eigenvalue weighted by atomic mass is 16.7. The van der Waals surface area contributed by atoms with Gasteiger partial charge in [0.05, 0.1) is 0 Å². The number of ketones is 1. The van der Waals surface area contributed by atoms with Gasteiger partial charge in [0.1, 0.15) is 5.75 Å². The lowest BCUT2D eigenvalue weighted by Crippen LogP contribution is -2.19. The van der Waals surface area contributed by atoms with Gasteiger partial charge in [-0.15, -0.1) is 0 Å². The third kappa shape index (κ3) is 4.09. The van der Waals surface area contributed by atoms with Gasteiger partial charge in [0, 0.05) is 5.56 Å². The van der Waals surface area contributed by atoms with Crippen molar-refractivity contribution in [3.8, 4) is 17.2 Å². The fourth-order valence-corrected chi connectivity index (χ4v) is 2.34. The van der Waals surface area contributed by atoms with Crippen LogP contribution in [0, 0.1) is 13.8 Å². The van der Waals surface area contributed by atoms with Crippen molar-refractivity contribution in [1.82, 2.24) is 0 Å². The summed E-state index contributed by atoms with van der Waals surface area (Å²) in [6.07, 6.45) is 0. The van der Waals surface area contributed by atoms with Crippen LogP contribution in [0.25, 0.3) is 0 Å². The van der Waals surface area contributed by atoms with Crippen LogP contribution in [0.3, 0.4) is 0 Å². The highest BCUT2D eigenvalue weighted by molar-refractivity contribution is 5.98. The van der Waals surface area contributed by atoms with Crippen LogP contribution in [-0.2, 0) is 9.53 Å². The molecule has 0 bridgehead atoms. The van der Waals surface area contributed by atoms with E-state index in [0.29, 0.717) is 22.8 Å². The molecule has 25 heavy (non-hydrogen) atoms. The number of carbonyl (C=O) groups is 2. The summed E-state index contributed by atoms with van der Waals surface area (Å²) < 4.78 is 20.8. The Morgan fingerprint density at radius 1 is 1.00 bits per heavy atom. The van der Waals surface area contributed by atoms with Crippen LogP contribution in [-0.4, -0.2) is 31.8 Å². The molecular weight excluding hydrogens is 324 g/mol. The zero-order valence-electron chi connectivity index (χ0n) is 14.0. The molecule has 0 aromatic heterocycles. The zero-order valence-corrected chi connectivity index (χ0v) is 14.0. The van der Waals surface area contributed by atoms with Gasteiger partial charge in [-0.25, -0.2) is 4.79 Å². The van der Waals surface area contributed by atoms with Crippen LogP contribution in [0.5, 0.6) is 17.2 Å². The average molecular weight is 342 g/mol. The van der Waals surface area contributed by atoms with Crippen molar-refractivity contribution < 1.29 is 28.5 Å². The first-order valence-electron chi connectivity index (χ1n) is 7.81. The number of esters is 1. The Kier molecular flexibility index (Phi) is 4.88. The van der Waals surface area contributed by atoms with E-state index in [-0.39, 0.29) is 25.8 Å². The van der Waals surface area contributed by atoms with Crippen LogP contribution in [0.1, 0.15) is 21.5 Å². The van der Waals surface area contributed by atoms with Gasteiger partial charge in [-0.05, 0) is 49.2 Å². The van der Waals surface area contributed by atoms with Crippen molar-refractivity contribution in [2.75, 3.05) is 20.0 Å². The molecule has 130 valence electrons. The molecule has 1 aliphatic heterocycles. The van der Waals surface area contributed by atoms with Gasteiger partial charge in [0.15, 0.2) is 30.5 Å². The first kappa shape index (κ1) is 16.8. The minimum atomic E-state index is -0.602. The Bertz CT molecular complexity index is 812. The summed E-state index contributed by atoms with van der Waals surface area (Å²) in [5.41, 5.74) is 2.36. The Morgan fingerprint density at radius 2 is 1.80 bits per heavy atom. The summed E-state index contributed by atoms with van der Waals surface area (Å²) in [5.74, 6) is 0.804. The topological polar surface area (TPSA) is 71.1 Å². The molecule has 0 aliphatic carbocycles. The molecule has 0 saturated heterocycles. The van der Waals surface area contributed by atoms with E-state index in [4.69, 9.17) is 18.9 Å². The fourth-order valence-electron chi connectivity index (χ4n) is 2.34. The summed E-state index contributed by atoms with van der Waals surface area (Å²) in [4.78, 5) is 23.9. The molecule has 0 atom stereocenters. The maximum atomic E-state index is 12.1. The lowest BCUT2D eigenvalue weighted by molar-refractivity contribution is -0.144. The maximum Gasteiger partial charge on any atom is 0.344 e. The highest BCUT2D eigenvalue weighted by Crippen LogP contribution is 2.32. The molecule has 6 nitrogen and oxygen atoms in total. The van der Waals surface area contributed by atoms with E-state index in [1.165, 1.54) is 0 Å². The molecule has 6 heteroatoms. The van der Waals surface area contributed by atoms with E-state index < -0.39 is 5.97 Å². The van der Waals surface area contributed by atoms with Crippen LogP contribution in [0.2, 0.25) is 0 Å². The Balaban J connectivity index is 1.50. The number of carbonyl (C=O) groups excluding carboxylic acids is 2. The Labute approximate surface area is 145 Å². The van der Waals surface area contributed by atoms with Crippen molar-refractivity contribution in [1.29, 1.82) is 0 Å². The number of Topliss-reactive ketones (excluding diaryl/α,β-unsaturated/α-hetero) is 1. The minimum Gasteiger partial charge on any atom is -0.482 e. The SMILES string of the molecule is Cc1ccc(C)c(OCC(=O)OCC(=O)c2ccc3c(c2)OCO3)c1. The van der Waals surface area contributed by atoms with Crippen LogP contribution in [0.4, 0.5) is 0 Å². The van der Waals surface area contributed by atoms with Gasteiger partial charge in [-0.3, -0.25) is 4.79 Å². The normalized spacial score (nSPS) is 11.9. The molecule has 0 N–H and O–H groups in total. The summed E-state index contributed by atoms with van der Waals surface area (Å²) in [6, 6.07) is 10.6. The number of ether oxygens (including phenoxy) is 4. The van der Waals surface area contributed by atoms with Crippen molar-refractivity contribution in [2.24, 2.45) is 0 Å². The standard InChI is InChI=1S/C19H18O6/c1-12-3-4-13(2)17(7-12)22-10-19(21)23-9-15(20)14-5-6-16-18(8-14)25-11-24-16/h3-8H,9-11H2,1-2H3. The van der Waals surface area contributed by atoms with Crippen molar-refractivity contribution in [2.45, 2.75) is 13.8 Å². The number of hydrogen-bond donors (Lipinski definition) is 0. The third-order valence-corrected chi connectivity index (χ3v) is 3.75. The van der Waals surface area contributed by atoms with Gasteiger partial charge in [0.25, 0.3) is 0 Å². The van der Waals surface area contributed by atoms with Crippen LogP contribution in [0.15, 0.2) is 36.4 Å². The van der Waals surface area contributed by atoms with Crippen LogP contribution >= 0.6 is 0 Å². The number of rotatable bonds is 6. The van der Waals surface area contributed by atoms with Gasteiger partial charge in [-0.2, -0.15) is 0 Å². The van der Waals surface area contributed by atoms with Crippen LogP contribution < -0.4 is 14.2 Å². The fraction of sp³-hybridized carbons (Fsp3) is 0.263. The zero-order chi connectivity index (χ0) is 17.8. The average Bonchev–Trinajstić information content (AvgIpc) is 3.08. The molecule has 0 radical (unpaired) electrons. The summed E-state index contributed by atoms with van der Waals surface area (Å²) in [5, 5.41) is 0. The first-order chi connectivity index (χ1) is 12.0. The van der Waals surface area contributed by atoms with Crippen molar-refractivity contribution in [3.05, 3.63) is 53.1 Å². The van der Waals surface area contributed by atoms with E-state index >= 15 is 0 Å². The largest absolute Gasteiger partial charge is 0.482 e. The Hall–Kier alpha value is -3.02. The van der Waals surface area contributed by atoms with E-state index in [1.54, 1.807) is 18.2 Å². The number of benzene rings is 2. The predicted octanol–water partition coefficient (Wildman–Crippen LogP) is 2.84. The van der Waals surface area contributed by atoms with E-state index in [2.05, 4.69) is 0 Å². The highest BCUT2D eigenvalue weighted by Gasteiger charge is 2.17. The summed E-state index contributed by atoms with van der Waals surface area (Å²) in [7, 11) is 0. The first-order valence-corrected chi connectivity index (χ1v) is 7.81. The molecule has 1 aliphatic rings. The Morgan fingerprint density at radius 3 is 2.64 bits per heavy atom. The quantitative estimate of drug-likeness (QED) is 0.594. The van der Waals surface area contributed by atoms with Crippen molar-refractivity contribution in [3.63, 3.8) is 0 Å². The lowest BCUT2D eigenvalue weighted by atomic mass is 10.1. The monoisotopic (exact) mass is 342 g/mol. The van der Waals surface area contributed by atoms with E-state index in [1.807, 2.05) is 32.0 Å². The molecule has 2 aromatic rings. The smallest absolute Gasteiger partial charge is 0.344 e. The maximum absolute atomic E-state index is 12.1. The van der Waals surface area contributed by atoms with Gasteiger partial charge < -0.3 is 18.9 Å². The van der Waals surface area contributed by atoms with E-state index in [0.717, 1.165) is 11.1 Å². The molecule has 0 fully saturated rings. The van der Waals surface area contributed by atoms with E-state index in [9.17, 15) is 9.59 Å². The second-order valence-corrected chi connectivity index (χ2v) is 5.71. The molecular formula is C19H18O6. The van der Waals surface area contributed by atoms with Gasteiger partial charge in [0.2, 0.25) is 6.79 Å². The number of fused-ring (bicyclic) bond motifs is 1. The third-order valence-electron chi connectivity index (χ3n) is 3.75. The second-order valence-electron chi connectivity index (χ2n) is 5.71. The predicted molar refractivity (Wildman–Crippen MR) is 89.3 cm³/mol. The van der Waals surface area contributed by atoms with Gasteiger partial charge >= 0.3 is 5.97 Å². The molecule has 0 saturated carbocycles. The summed E-state index contributed by atoms with van der Waals surface area (Å²) in [6.45, 7) is 3.36. The molecule has 1 heterocycles. The van der Waals surface area contributed by atoms with Crippen molar-refractivity contribution >= 4 is 11.8 Å². The molecule has 0 amide bonds. The lowest BCUT2D eigenvalue weighted by Gasteiger charge is -2.10. The number of hydrogen-bond acceptors (Lipinski definition) is 6. The minimum absolute atomic E-state index is 0.137. The summed E-state index contributed by atoms with van der Waals surface area (Å²) >= 11 is 0. The molecule has 0 spiro atoms. The molecule has 3 rings (SSSR count). The molecule has 2 aromatic carbocycles. The van der Waals surface area contributed by atoms with Gasteiger partial charge in [-0.1, -0.05) is 12.1 Å². The number of aryl methyl sites for hydroxylation is 2.